The number of aromatic nitrogens is 5. The van der Waals surface area contributed by atoms with Gasteiger partial charge in [-0.1, -0.05) is 6.07 Å². The number of nitrogens with zero attached hydrogens (tertiary/aromatic N) is 5. The Labute approximate surface area is 150 Å². The van der Waals surface area contributed by atoms with Gasteiger partial charge in [0.05, 0.1) is 22.2 Å². The van der Waals surface area contributed by atoms with E-state index in [-0.39, 0.29) is 0 Å². The van der Waals surface area contributed by atoms with Gasteiger partial charge in [0.2, 0.25) is 0 Å². The Kier molecular flexibility index (Phi) is 2.98. The maximum absolute atomic E-state index is 5.00. The lowest BCUT2D eigenvalue weighted by atomic mass is 10.1. The van der Waals surface area contributed by atoms with Crippen LogP contribution in [-0.4, -0.2) is 24.1 Å². The summed E-state index contributed by atoms with van der Waals surface area (Å²) in [6, 6.07) is 12.5. The topological polar surface area (TPSA) is 48.0 Å². The van der Waals surface area contributed by atoms with E-state index in [1.807, 2.05) is 29.9 Å². The summed E-state index contributed by atoms with van der Waals surface area (Å²) < 4.78 is 4.08. The molecule has 0 spiro atoms. The second-order valence-corrected chi connectivity index (χ2v) is 6.96. The van der Waals surface area contributed by atoms with Crippen LogP contribution in [0.1, 0.15) is 22.5 Å². The van der Waals surface area contributed by atoms with Crippen LogP contribution in [0.15, 0.2) is 42.6 Å². The highest BCUT2D eigenvalue weighted by atomic mass is 15.3. The quantitative estimate of drug-likeness (QED) is 0.452. The zero-order chi connectivity index (χ0) is 18.0. The number of rotatable bonds is 1. The average molecular weight is 341 g/mol. The summed E-state index contributed by atoms with van der Waals surface area (Å²) >= 11 is 0. The zero-order valence-electron chi connectivity index (χ0n) is 15.3. The van der Waals surface area contributed by atoms with Gasteiger partial charge in [-0.25, -0.2) is 14.6 Å². The summed E-state index contributed by atoms with van der Waals surface area (Å²) in [5, 5.41) is 4.70. The van der Waals surface area contributed by atoms with Crippen LogP contribution in [0.5, 0.6) is 0 Å². The number of benzene rings is 1. The first-order chi connectivity index (χ1) is 12.5. The minimum Gasteiger partial charge on any atom is -0.298 e. The first-order valence-corrected chi connectivity index (χ1v) is 8.74. The first-order valence-electron chi connectivity index (χ1n) is 8.74. The molecule has 0 aliphatic heterocycles. The zero-order valence-corrected chi connectivity index (χ0v) is 15.3. The largest absolute Gasteiger partial charge is 0.298 e. The Morgan fingerprint density at radius 2 is 1.58 bits per heavy atom. The summed E-state index contributed by atoms with van der Waals surface area (Å²) in [5.74, 6) is 0. The van der Waals surface area contributed by atoms with E-state index in [1.54, 1.807) is 0 Å². The molecule has 1 aromatic carbocycles. The van der Waals surface area contributed by atoms with Crippen LogP contribution in [0.2, 0.25) is 0 Å². The molecule has 5 nitrogen and oxygen atoms in total. The predicted octanol–water partition coefficient (Wildman–Crippen LogP) is 4.46. The molecule has 5 rings (SSSR count). The van der Waals surface area contributed by atoms with Crippen LogP contribution in [0.4, 0.5) is 0 Å². The summed E-state index contributed by atoms with van der Waals surface area (Å²) in [7, 11) is 0. The molecule has 5 heteroatoms. The summed E-state index contributed by atoms with van der Waals surface area (Å²) in [6.07, 6.45) is 2.04. The highest BCUT2D eigenvalue weighted by Gasteiger charge is 2.19. The number of pyridine rings is 1. The summed E-state index contributed by atoms with van der Waals surface area (Å²) in [6.45, 7) is 8.30. The van der Waals surface area contributed by atoms with E-state index in [2.05, 4.69) is 49.4 Å². The van der Waals surface area contributed by atoms with Crippen molar-refractivity contribution in [2.75, 3.05) is 0 Å². The van der Waals surface area contributed by atoms with Gasteiger partial charge in [-0.05, 0) is 69.2 Å². The molecule has 128 valence electrons. The smallest absolute Gasteiger partial charge is 0.166 e. The third-order valence-electron chi connectivity index (χ3n) is 5.04. The monoisotopic (exact) mass is 341 g/mol. The van der Waals surface area contributed by atoms with Gasteiger partial charge in [-0.15, -0.1) is 0 Å². The maximum Gasteiger partial charge on any atom is 0.166 e. The van der Waals surface area contributed by atoms with Crippen molar-refractivity contribution < 1.29 is 0 Å². The van der Waals surface area contributed by atoms with Gasteiger partial charge in [0, 0.05) is 11.9 Å². The second-order valence-electron chi connectivity index (χ2n) is 6.96. The molecule has 0 saturated carbocycles. The number of fused-ring (bicyclic) bond motifs is 4. The molecule has 0 bridgehead atoms. The fourth-order valence-corrected chi connectivity index (χ4v) is 3.64. The molecule has 0 amide bonds. The number of aryl methyl sites for hydroxylation is 4. The van der Waals surface area contributed by atoms with Crippen molar-refractivity contribution >= 4 is 27.7 Å². The van der Waals surface area contributed by atoms with Crippen molar-refractivity contribution in [3.05, 3.63) is 65.1 Å². The van der Waals surface area contributed by atoms with E-state index in [9.17, 15) is 0 Å². The van der Waals surface area contributed by atoms with Crippen LogP contribution in [0.3, 0.4) is 0 Å². The Hall–Kier alpha value is -3.21. The lowest BCUT2D eigenvalue weighted by Crippen LogP contribution is -2.00. The Morgan fingerprint density at radius 1 is 0.846 bits per heavy atom. The molecule has 0 atom stereocenters. The highest BCUT2D eigenvalue weighted by Crippen LogP contribution is 2.30. The molecule has 0 saturated heterocycles. The molecule has 0 radical (unpaired) electrons. The number of hydrogen-bond acceptors (Lipinski definition) is 3. The van der Waals surface area contributed by atoms with Gasteiger partial charge < -0.3 is 0 Å². The van der Waals surface area contributed by atoms with Crippen LogP contribution in [0, 0.1) is 27.7 Å². The van der Waals surface area contributed by atoms with Gasteiger partial charge in [0.25, 0.3) is 0 Å². The minimum atomic E-state index is 0.860. The van der Waals surface area contributed by atoms with E-state index in [1.165, 1.54) is 11.1 Å². The summed E-state index contributed by atoms with van der Waals surface area (Å²) in [5.41, 5.74) is 10.1. The maximum atomic E-state index is 5.00. The molecular weight excluding hydrogens is 322 g/mol. The lowest BCUT2D eigenvalue weighted by Gasteiger charge is -2.05. The normalized spacial score (nSPS) is 11.8. The molecule has 0 aliphatic carbocycles. The van der Waals surface area contributed by atoms with Crippen LogP contribution >= 0.6 is 0 Å². The van der Waals surface area contributed by atoms with E-state index in [4.69, 9.17) is 15.1 Å². The predicted molar refractivity (Wildman–Crippen MR) is 104 cm³/mol. The van der Waals surface area contributed by atoms with Crippen LogP contribution in [0.25, 0.3) is 33.4 Å². The fraction of sp³-hybridized carbons (Fsp3) is 0.190. The Bertz CT molecular complexity index is 1320. The van der Waals surface area contributed by atoms with Crippen LogP contribution in [-0.2, 0) is 0 Å². The third kappa shape index (κ3) is 2.00. The molecule has 4 aromatic heterocycles. The standard InChI is InChI=1S/C21H19N5/c1-12-9-16-17(10-13(12)2)23-21-19(22-16)20(18-7-5-6-8-25(18)21)26-15(4)11-14(3)24-26/h5-11H,1-4H3. The van der Waals surface area contributed by atoms with E-state index >= 15 is 0 Å². The first kappa shape index (κ1) is 15.1. The van der Waals surface area contributed by atoms with Gasteiger partial charge >= 0.3 is 0 Å². The highest BCUT2D eigenvalue weighted by molar-refractivity contribution is 5.97. The second kappa shape index (κ2) is 5.14. The van der Waals surface area contributed by atoms with E-state index < -0.39 is 0 Å². The van der Waals surface area contributed by atoms with E-state index in [0.717, 1.165) is 44.8 Å². The van der Waals surface area contributed by atoms with E-state index in [0.29, 0.717) is 0 Å². The fourth-order valence-electron chi connectivity index (χ4n) is 3.64. The SMILES string of the molecule is Cc1cc(C)n(-c2c3nc4cc(C)c(C)cc4nc3n3ccccc23)n1. The molecule has 0 aliphatic rings. The third-order valence-corrected chi connectivity index (χ3v) is 5.04. The van der Waals surface area contributed by atoms with Crippen LogP contribution < -0.4 is 0 Å². The van der Waals surface area contributed by atoms with Crippen molar-refractivity contribution in [3.63, 3.8) is 0 Å². The van der Waals surface area contributed by atoms with Gasteiger partial charge in [0.15, 0.2) is 5.65 Å². The molecule has 0 N–H and O–H groups in total. The van der Waals surface area contributed by atoms with Crippen molar-refractivity contribution in [2.24, 2.45) is 0 Å². The van der Waals surface area contributed by atoms with Crippen molar-refractivity contribution in [1.29, 1.82) is 0 Å². The molecular formula is C21H19N5. The Balaban J connectivity index is 2.00. The summed E-state index contributed by atoms with van der Waals surface area (Å²) in [4.78, 5) is 9.95. The molecule has 0 fully saturated rings. The molecule has 5 aromatic rings. The Morgan fingerprint density at radius 3 is 2.27 bits per heavy atom. The van der Waals surface area contributed by atoms with Gasteiger partial charge in [-0.3, -0.25) is 4.40 Å². The molecule has 26 heavy (non-hydrogen) atoms. The van der Waals surface area contributed by atoms with Crippen molar-refractivity contribution in [2.45, 2.75) is 27.7 Å². The lowest BCUT2D eigenvalue weighted by molar-refractivity contribution is 0.843. The van der Waals surface area contributed by atoms with Crippen molar-refractivity contribution in [1.82, 2.24) is 24.1 Å². The molecule has 0 unspecified atom stereocenters. The van der Waals surface area contributed by atoms with Gasteiger partial charge in [0.1, 0.15) is 11.2 Å². The minimum absolute atomic E-state index is 0.860. The van der Waals surface area contributed by atoms with Gasteiger partial charge in [-0.2, -0.15) is 5.10 Å². The van der Waals surface area contributed by atoms with Crippen molar-refractivity contribution in [3.8, 4) is 5.69 Å². The average Bonchev–Trinajstić information content (AvgIpc) is 3.10. The molecule has 4 heterocycles. The number of hydrogen-bond donors (Lipinski definition) is 0.